The number of halogens is 1. The zero-order valence-electron chi connectivity index (χ0n) is 10.9. The van der Waals surface area contributed by atoms with E-state index in [-0.39, 0.29) is 29.6 Å². The molecular formula is C14H15FO5. The Morgan fingerprint density at radius 1 is 1.40 bits per heavy atom. The van der Waals surface area contributed by atoms with Gasteiger partial charge in [-0.3, -0.25) is 4.79 Å². The van der Waals surface area contributed by atoms with E-state index in [2.05, 4.69) is 0 Å². The Bertz CT molecular complexity index is 551. The van der Waals surface area contributed by atoms with Crippen molar-refractivity contribution in [2.24, 2.45) is 5.92 Å². The van der Waals surface area contributed by atoms with Gasteiger partial charge in [0, 0.05) is 0 Å². The van der Waals surface area contributed by atoms with Gasteiger partial charge in [-0.1, -0.05) is 0 Å². The van der Waals surface area contributed by atoms with E-state index >= 15 is 0 Å². The Hall–Kier alpha value is -2.11. The van der Waals surface area contributed by atoms with Crippen molar-refractivity contribution in [3.05, 3.63) is 29.1 Å². The maximum absolute atomic E-state index is 13.9. The molecule has 0 radical (unpaired) electrons. The molecule has 0 aliphatic heterocycles. The van der Waals surface area contributed by atoms with Crippen molar-refractivity contribution < 1.29 is 28.9 Å². The highest BCUT2D eigenvalue weighted by atomic mass is 19.1. The molecule has 1 saturated carbocycles. The van der Waals surface area contributed by atoms with Crippen LogP contribution in [0.3, 0.4) is 0 Å². The molecule has 20 heavy (non-hydrogen) atoms. The summed E-state index contributed by atoms with van der Waals surface area (Å²) in [5.74, 6) is -3.56. The SMILES string of the molecule is COc1c(F)cc(C(CC(=O)O)C2CC2)cc1C(=O)O. The number of carboxylic acid groups (broad SMARTS) is 2. The van der Waals surface area contributed by atoms with E-state index in [1.54, 1.807) is 0 Å². The van der Waals surface area contributed by atoms with Gasteiger partial charge in [-0.15, -0.1) is 0 Å². The minimum atomic E-state index is -1.30. The molecule has 5 nitrogen and oxygen atoms in total. The number of aliphatic carboxylic acids is 1. The van der Waals surface area contributed by atoms with Gasteiger partial charge >= 0.3 is 11.9 Å². The van der Waals surface area contributed by atoms with Crippen LogP contribution in [0, 0.1) is 11.7 Å². The molecule has 0 spiro atoms. The van der Waals surface area contributed by atoms with Gasteiger partial charge in [-0.05, 0) is 42.4 Å². The highest BCUT2D eigenvalue weighted by Gasteiger charge is 2.35. The van der Waals surface area contributed by atoms with Crippen LogP contribution in [0.5, 0.6) is 5.75 Å². The van der Waals surface area contributed by atoms with E-state index in [4.69, 9.17) is 14.9 Å². The standard InChI is InChI=1S/C14H15FO5/c1-20-13-10(14(18)19)4-8(5-11(13)15)9(6-12(16)17)7-2-3-7/h4-5,7,9H,2-3,6H2,1H3,(H,16,17)(H,18,19). The quantitative estimate of drug-likeness (QED) is 0.837. The molecule has 0 saturated heterocycles. The van der Waals surface area contributed by atoms with E-state index in [1.165, 1.54) is 19.2 Å². The third-order valence-corrected chi connectivity index (χ3v) is 3.51. The van der Waals surface area contributed by atoms with Crippen LogP contribution in [0.15, 0.2) is 12.1 Å². The molecule has 0 heterocycles. The van der Waals surface area contributed by atoms with Gasteiger partial charge < -0.3 is 14.9 Å². The summed E-state index contributed by atoms with van der Waals surface area (Å²) < 4.78 is 18.7. The lowest BCUT2D eigenvalue weighted by Gasteiger charge is -2.17. The summed E-state index contributed by atoms with van der Waals surface area (Å²) in [5, 5.41) is 18.0. The highest BCUT2D eigenvalue weighted by Crippen LogP contribution is 2.45. The number of aromatic carboxylic acids is 1. The van der Waals surface area contributed by atoms with Crippen molar-refractivity contribution in [1.29, 1.82) is 0 Å². The normalized spacial score (nSPS) is 15.7. The Balaban J connectivity index is 2.44. The first-order valence-electron chi connectivity index (χ1n) is 6.26. The van der Waals surface area contributed by atoms with Gasteiger partial charge in [0.05, 0.1) is 13.5 Å². The van der Waals surface area contributed by atoms with Crippen LogP contribution < -0.4 is 4.74 Å². The second-order valence-electron chi connectivity index (χ2n) is 4.93. The minimum absolute atomic E-state index is 0.129. The molecule has 108 valence electrons. The maximum atomic E-state index is 13.9. The number of carboxylic acids is 2. The summed E-state index contributed by atoms with van der Waals surface area (Å²) in [6.45, 7) is 0. The molecule has 0 aromatic heterocycles. The number of hydrogen-bond donors (Lipinski definition) is 2. The molecule has 1 aliphatic rings. The molecule has 1 aromatic rings. The third-order valence-electron chi connectivity index (χ3n) is 3.51. The van der Waals surface area contributed by atoms with Gasteiger partial charge in [0.25, 0.3) is 0 Å². The number of ether oxygens (including phenoxy) is 1. The van der Waals surface area contributed by atoms with Crippen LogP contribution in [-0.4, -0.2) is 29.3 Å². The number of methoxy groups -OCH3 is 1. The topological polar surface area (TPSA) is 83.8 Å². The largest absolute Gasteiger partial charge is 0.493 e. The van der Waals surface area contributed by atoms with Crippen molar-refractivity contribution in [3.8, 4) is 5.75 Å². The zero-order chi connectivity index (χ0) is 14.9. The Labute approximate surface area is 115 Å². The molecule has 2 N–H and O–H groups in total. The van der Waals surface area contributed by atoms with Crippen molar-refractivity contribution >= 4 is 11.9 Å². The molecule has 2 rings (SSSR count). The van der Waals surface area contributed by atoms with Crippen molar-refractivity contribution in [1.82, 2.24) is 0 Å². The number of rotatable bonds is 6. The lowest BCUT2D eigenvalue weighted by Crippen LogP contribution is -2.11. The Morgan fingerprint density at radius 2 is 2.05 bits per heavy atom. The molecule has 1 unspecified atom stereocenters. The van der Waals surface area contributed by atoms with E-state index in [0.717, 1.165) is 12.8 Å². The number of benzene rings is 1. The monoisotopic (exact) mass is 282 g/mol. The molecule has 1 fully saturated rings. The fourth-order valence-corrected chi connectivity index (χ4v) is 2.44. The fourth-order valence-electron chi connectivity index (χ4n) is 2.44. The Morgan fingerprint density at radius 3 is 2.50 bits per heavy atom. The molecule has 1 aliphatic carbocycles. The minimum Gasteiger partial charge on any atom is -0.493 e. The third kappa shape index (κ3) is 2.89. The van der Waals surface area contributed by atoms with Crippen LogP contribution in [0.25, 0.3) is 0 Å². The average molecular weight is 282 g/mol. The van der Waals surface area contributed by atoms with Gasteiger partial charge in [0.1, 0.15) is 5.56 Å². The van der Waals surface area contributed by atoms with E-state index in [0.29, 0.717) is 5.56 Å². The van der Waals surface area contributed by atoms with Crippen molar-refractivity contribution in [2.45, 2.75) is 25.2 Å². The number of hydrogen-bond acceptors (Lipinski definition) is 3. The van der Waals surface area contributed by atoms with Crippen LogP contribution in [0.1, 0.15) is 41.1 Å². The lowest BCUT2D eigenvalue weighted by atomic mass is 9.89. The molecule has 0 amide bonds. The Kier molecular flexibility index (Phi) is 3.92. The summed E-state index contributed by atoms with van der Waals surface area (Å²) in [4.78, 5) is 22.1. The van der Waals surface area contributed by atoms with Crippen LogP contribution in [0.4, 0.5) is 4.39 Å². The van der Waals surface area contributed by atoms with Gasteiger partial charge in [-0.25, -0.2) is 9.18 Å². The predicted molar refractivity (Wildman–Crippen MR) is 67.6 cm³/mol. The molecular weight excluding hydrogens is 267 g/mol. The average Bonchev–Trinajstić information content (AvgIpc) is 3.18. The van der Waals surface area contributed by atoms with E-state index < -0.39 is 17.8 Å². The van der Waals surface area contributed by atoms with E-state index in [1.807, 2.05) is 0 Å². The maximum Gasteiger partial charge on any atom is 0.339 e. The molecule has 1 atom stereocenters. The summed E-state index contributed by atoms with van der Waals surface area (Å²) in [7, 11) is 1.19. The summed E-state index contributed by atoms with van der Waals surface area (Å²) >= 11 is 0. The predicted octanol–water partition coefficient (Wildman–Crippen LogP) is 2.50. The van der Waals surface area contributed by atoms with E-state index in [9.17, 15) is 14.0 Å². The smallest absolute Gasteiger partial charge is 0.339 e. The van der Waals surface area contributed by atoms with Gasteiger partial charge in [0.15, 0.2) is 11.6 Å². The molecule has 6 heteroatoms. The number of carbonyl (C=O) groups is 2. The fraction of sp³-hybridized carbons (Fsp3) is 0.429. The first kappa shape index (κ1) is 14.3. The van der Waals surface area contributed by atoms with Crippen molar-refractivity contribution in [3.63, 3.8) is 0 Å². The van der Waals surface area contributed by atoms with Crippen LogP contribution in [-0.2, 0) is 4.79 Å². The summed E-state index contributed by atoms with van der Waals surface area (Å²) in [5.41, 5.74) is 0.129. The van der Waals surface area contributed by atoms with Gasteiger partial charge in [0.2, 0.25) is 0 Å². The first-order chi connectivity index (χ1) is 9.43. The van der Waals surface area contributed by atoms with Crippen molar-refractivity contribution in [2.75, 3.05) is 7.11 Å². The lowest BCUT2D eigenvalue weighted by molar-refractivity contribution is -0.137. The van der Waals surface area contributed by atoms with Crippen LogP contribution >= 0.6 is 0 Å². The summed E-state index contributed by atoms with van der Waals surface area (Å²) in [6.07, 6.45) is 1.64. The second kappa shape index (κ2) is 5.48. The summed E-state index contributed by atoms with van der Waals surface area (Å²) in [6, 6.07) is 2.49. The molecule has 1 aromatic carbocycles. The molecule has 0 bridgehead atoms. The van der Waals surface area contributed by atoms with Gasteiger partial charge in [-0.2, -0.15) is 0 Å². The second-order valence-corrected chi connectivity index (χ2v) is 4.93. The highest BCUT2D eigenvalue weighted by molar-refractivity contribution is 5.91. The first-order valence-corrected chi connectivity index (χ1v) is 6.26. The van der Waals surface area contributed by atoms with Crippen LogP contribution in [0.2, 0.25) is 0 Å². The zero-order valence-corrected chi connectivity index (χ0v) is 10.9.